The third-order valence-electron chi connectivity index (χ3n) is 2.97. The van der Waals surface area contributed by atoms with E-state index in [4.69, 9.17) is 11.1 Å². The highest BCUT2D eigenvalue weighted by molar-refractivity contribution is 7.91. The molecule has 2 amide bonds. The molecule has 0 aliphatic carbocycles. The Labute approximate surface area is 157 Å². The lowest BCUT2D eigenvalue weighted by Crippen LogP contribution is -2.21. The molecule has 0 bridgehead atoms. The maximum atomic E-state index is 12.1. The molecule has 1 aromatic carbocycles. The second kappa shape index (κ2) is 8.24. The van der Waals surface area contributed by atoms with Gasteiger partial charge in [-0.2, -0.15) is 0 Å². The fraction of sp³-hybridized carbons (Fsp3) is 0. The molecule has 14 nitrogen and oxygen atoms in total. The number of nitrogens with zero attached hydrogens (tertiary/aromatic N) is 7. The molecule has 0 aliphatic heterocycles. The Morgan fingerprint density at radius 2 is 1.64 bits per heavy atom. The summed E-state index contributed by atoms with van der Waals surface area (Å²) in [6, 6.07) is 6.18. The molecular formula is C12H9N9O5S2. The van der Waals surface area contributed by atoms with Crippen molar-refractivity contribution in [1.29, 1.82) is 0 Å². The number of benzene rings is 1. The average molecular weight is 423 g/mol. The first-order chi connectivity index (χ1) is 13.2. The first-order valence-corrected chi connectivity index (χ1v) is 9.83. The fourth-order valence-corrected chi connectivity index (χ4v) is 3.50. The number of hydrogen-bond acceptors (Lipinski definition) is 6. The largest absolute Gasteiger partial charge is 0.324 e. The standard InChI is InChI=1S/C12H9N9O5S2/c13-18-20-27(23,24)8-4-5-9(10(7-8)28(25,26)21-19-14)16-12(22)17-11-3-1-2-6-15-11/h1-7H,(H2,15,16,17,22). The van der Waals surface area contributed by atoms with Gasteiger partial charge in [-0.05, 0) is 41.4 Å². The second-order valence-corrected chi connectivity index (χ2v) is 7.88. The zero-order valence-corrected chi connectivity index (χ0v) is 15.2. The number of nitrogens with one attached hydrogen (secondary N) is 2. The molecule has 2 N–H and O–H groups in total. The number of hydrogen-bond donors (Lipinski definition) is 2. The molecule has 2 aromatic rings. The summed E-state index contributed by atoms with van der Waals surface area (Å²) in [6.45, 7) is 0. The minimum absolute atomic E-state index is 0.155. The van der Waals surface area contributed by atoms with Crippen molar-refractivity contribution in [3.8, 4) is 0 Å². The Hall–Kier alpha value is -3.84. The Morgan fingerprint density at radius 1 is 0.964 bits per heavy atom. The van der Waals surface area contributed by atoms with Gasteiger partial charge in [0.15, 0.2) is 0 Å². The van der Waals surface area contributed by atoms with Crippen LogP contribution >= 0.6 is 0 Å². The third kappa shape index (κ3) is 4.87. The summed E-state index contributed by atoms with van der Waals surface area (Å²) < 4.78 is 53.1. The summed E-state index contributed by atoms with van der Waals surface area (Å²) in [5.41, 5.74) is 16.4. The van der Waals surface area contributed by atoms with E-state index in [1.807, 2.05) is 0 Å². The Balaban J connectivity index is 2.50. The van der Waals surface area contributed by atoms with Gasteiger partial charge in [-0.3, -0.25) is 5.32 Å². The lowest BCUT2D eigenvalue weighted by molar-refractivity contribution is 0.262. The average Bonchev–Trinajstić information content (AvgIpc) is 2.62. The molecule has 16 heteroatoms. The minimum Gasteiger partial charge on any atom is -0.306 e. The fourth-order valence-electron chi connectivity index (χ4n) is 1.87. The Morgan fingerprint density at radius 3 is 2.25 bits per heavy atom. The van der Waals surface area contributed by atoms with Crippen molar-refractivity contribution in [2.75, 3.05) is 10.6 Å². The zero-order chi connectivity index (χ0) is 20.8. The number of anilines is 2. The summed E-state index contributed by atoms with van der Waals surface area (Å²) in [5.74, 6) is 0.155. The van der Waals surface area contributed by atoms with E-state index in [9.17, 15) is 21.6 Å². The van der Waals surface area contributed by atoms with Gasteiger partial charge < -0.3 is 5.32 Å². The quantitative estimate of drug-likeness (QED) is 0.403. The molecule has 0 spiro atoms. The predicted molar refractivity (Wildman–Crippen MR) is 96.0 cm³/mol. The van der Waals surface area contributed by atoms with E-state index in [1.165, 1.54) is 12.3 Å². The van der Waals surface area contributed by atoms with Crippen LogP contribution in [0.3, 0.4) is 0 Å². The van der Waals surface area contributed by atoms with Gasteiger partial charge in [-0.1, -0.05) is 6.07 Å². The number of urea groups is 1. The predicted octanol–water partition coefficient (Wildman–Crippen LogP) is 2.72. The van der Waals surface area contributed by atoms with E-state index in [2.05, 4.69) is 34.5 Å². The molecule has 144 valence electrons. The third-order valence-corrected chi connectivity index (χ3v) is 5.29. The monoisotopic (exact) mass is 423 g/mol. The topological polar surface area (TPSA) is 220 Å². The molecular weight excluding hydrogens is 414 g/mol. The summed E-state index contributed by atoms with van der Waals surface area (Å²) in [5, 5.41) is 4.51. The minimum atomic E-state index is -4.71. The van der Waals surface area contributed by atoms with Crippen molar-refractivity contribution in [3.63, 3.8) is 0 Å². The molecule has 2 rings (SSSR count). The molecule has 0 saturated carbocycles. The Kier molecular flexibility index (Phi) is 6.02. The van der Waals surface area contributed by atoms with E-state index in [0.717, 1.165) is 12.1 Å². The number of amides is 2. The maximum Gasteiger partial charge on any atom is 0.324 e. The first-order valence-electron chi connectivity index (χ1n) is 6.95. The maximum absolute atomic E-state index is 12.1. The van der Waals surface area contributed by atoms with Crippen molar-refractivity contribution in [3.05, 3.63) is 63.5 Å². The first kappa shape index (κ1) is 20.5. The van der Waals surface area contributed by atoms with E-state index in [0.29, 0.717) is 6.07 Å². The Bertz CT molecular complexity index is 1220. The van der Waals surface area contributed by atoms with Gasteiger partial charge in [-0.25, -0.2) is 26.6 Å². The lowest BCUT2D eigenvalue weighted by atomic mass is 10.3. The summed E-state index contributed by atoms with van der Waals surface area (Å²) in [4.78, 5) is 18.7. The van der Waals surface area contributed by atoms with Crippen LogP contribution in [0.15, 0.2) is 61.4 Å². The highest BCUT2D eigenvalue weighted by Crippen LogP contribution is 2.28. The van der Waals surface area contributed by atoms with E-state index >= 15 is 0 Å². The molecule has 0 unspecified atom stereocenters. The molecule has 1 heterocycles. The van der Waals surface area contributed by atoms with Gasteiger partial charge in [0.25, 0.3) is 20.0 Å². The normalized spacial score (nSPS) is 10.9. The number of carbonyl (C=O) groups is 1. The smallest absolute Gasteiger partial charge is 0.306 e. The highest BCUT2D eigenvalue weighted by atomic mass is 32.2. The van der Waals surface area contributed by atoms with Crippen LogP contribution in [0.5, 0.6) is 0 Å². The van der Waals surface area contributed by atoms with Crippen LogP contribution in [0.25, 0.3) is 20.9 Å². The van der Waals surface area contributed by atoms with E-state index in [-0.39, 0.29) is 11.5 Å². The molecule has 0 aliphatic rings. The summed E-state index contributed by atoms with van der Waals surface area (Å²) >= 11 is 0. The number of aromatic nitrogens is 1. The van der Waals surface area contributed by atoms with E-state index in [1.54, 1.807) is 12.1 Å². The molecule has 0 fully saturated rings. The number of sulfonamides is 2. The van der Waals surface area contributed by atoms with Gasteiger partial charge in [0.1, 0.15) is 5.82 Å². The van der Waals surface area contributed by atoms with Gasteiger partial charge in [0.05, 0.1) is 15.5 Å². The SMILES string of the molecule is [N-]=[N+]=NS(=O)(=O)c1ccc(NC(=O)Nc2ccccn2)c(S(=O)(=O)N=[N+]=[N-])c1. The molecule has 1 aromatic heterocycles. The molecule has 0 atom stereocenters. The number of rotatable bonds is 6. The van der Waals surface area contributed by atoms with Crippen molar-refractivity contribution >= 4 is 37.6 Å². The summed E-state index contributed by atoms with van der Waals surface area (Å²) in [7, 11) is -9.24. The molecule has 0 radical (unpaired) electrons. The van der Waals surface area contributed by atoms with E-state index < -0.39 is 35.9 Å². The molecule has 28 heavy (non-hydrogen) atoms. The molecule has 0 saturated heterocycles. The number of pyridine rings is 1. The lowest BCUT2D eigenvalue weighted by Gasteiger charge is -2.11. The van der Waals surface area contributed by atoms with Crippen LogP contribution in [0, 0.1) is 0 Å². The van der Waals surface area contributed by atoms with Crippen molar-refractivity contribution in [1.82, 2.24) is 4.98 Å². The van der Waals surface area contributed by atoms with Crippen molar-refractivity contribution in [2.24, 2.45) is 9.04 Å². The van der Waals surface area contributed by atoms with Crippen LogP contribution in [-0.2, 0) is 20.0 Å². The number of azide groups is 2. The highest BCUT2D eigenvalue weighted by Gasteiger charge is 2.23. The van der Waals surface area contributed by atoms with Gasteiger partial charge in [0, 0.05) is 25.1 Å². The van der Waals surface area contributed by atoms with Crippen LogP contribution in [0.2, 0.25) is 0 Å². The van der Waals surface area contributed by atoms with Gasteiger partial charge in [0.2, 0.25) is 0 Å². The summed E-state index contributed by atoms with van der Waals surface area (Å²) in [6.07, 6.45) is 1.41. The van der Waals surface area contributed by atoms with Crippen LogP contribution < -0.4 is 10.6 Å². The van der Waals surface area contributed by atoms with Crippen LogP contribution in [0.1, 0.15) is 0 Å². The van der Waals surface area contributed by atoms with Gasteiger partial charge >= 0.3 is 6.03 Å². The second-order valence-electron chi connectivity index (χ2n) is 4.74. The zero-order valence-electron chi connectivity index (χ0n) is 13.5. The van der Waals surface area contributed by atoms with Crippen molar-refractivity contribution < 1.29 is 21.6 Å². The van der Waals surface area contributed by atoms with Crippen LogP contribution in [-0.4, -0.2) is 27.9 Å². The van der Waals surface area contributed by atoms with Crippen molar-refractivity contribution in [2.45, 2.75) is 9.79 Å². The van der Waals surface area contributed by atoms with Gasteiger partial charge in [-0.15, -0.1) is 0 Å². The van der Waals surface area contributed by atoms with Crippen LogP contribution in [0.4, 0.5) is 16.3 Å². The number of carbonyl (C=O) groups excluding carboxylic acids is 1.